The second-order valence-electron chi connectivity index (χ2n) is 3.85. The summed E-state index contributed by atoms with van der Waals surface area (Å²) in [4.78, 5) is 16.8. The normalized spacial score (nSPS) is 10.2. The number of anilines is 1. The highest BCUT2D eigenvalue weighted by atomic mass is 32.1. The molecule has 0 bridgehead atoms. The first-order valence-electron chi connectivity index (χ1n) is 5.80. The first-order chi connectivity index (χ1) is 9.28. The van der Waals surface area contributed by atoms with Crippen molar-refractivity contribution in [2.75, 3.05) is 19.0 Å². The molecule has 6 heteroatoms. The van der Waals surface area contributed by atoms with E-state index in [0.717, 1.165) is 16.3 Å². The van der Waals surface area contributed by atoms with Crippen molar-refractivity contribution in [3.8, 4) is 5.75 Å². The molecule has 0 aliphatic carbocycles. The predicted octanol–water partition coefficient (Wildman–Crippen LogP) is 1.88. The number of methoxy groups -OCH3 is 1. The summed E-state index contributed by atoms with van der Waals surface area (Å²) in [5.74, 6) is 0.633. The molecule has 0 atom stereocenters. The Labute approximate surface area is 115 Å². The second-order valence-corrected chi connectivity index (χ2v) is 4.82. The Morgan fingerprint density at radius 2 is 2.37 bits per heavy atom. The van der Waals surface area contributed by atoms with Gasteiger partial charge in [-0.1, -0.05) is 6.07 Å². The van der Waals surface area contributed by atoms with Gasteiger partial charge < -0.3 is 15.4 Å². The van der Waals surface area contributed by atoms with Crippen LogP contribution >= 0.6 is 11.3 Å². The minimum absolute atomic E-state index is 0.0854. The maximum absolute atomic E-state index is 11.7. The summed E-state index contributed by atoms with van der Waals surface area (Å²) in [6.45, 7) is 0.908. The van der Waals surface area contributed by atoms with Crippen molar-refractivity contribution in [1.82, 2.24) is 10.3 Å². The molecule has 0 spiro atoms. The van der Waals surface area contributed by atoms with Gasteiger partial charge in [-0.05, 0) is 12.1 Å². The van der Waals surface area contributed by atoms with Gasteiger partial charge >= 0.3 is 0 Å². The quantitative estimate of drug-likeness (QED) is 0.846. The molecule has 0 unspecified atom stereocenters. The van der Waals surface area contributed by atoms with E-state index in [1.54, 1.807) is 36.2 Å². The standard InChI is InChI=1S/C13H15N3O2S/c1-18-11-4-2-3-10(5-11)16-13(17)8-14-6-12-7-15-9-19-12/h2-5,7,9,14H,6,8H2,1H3,(H,16,17). The zero-order valence-corrected chi connectivity index (χ0v) is 11.4. The van der Waals surface area contributed by atoms with E-state index in [2.05, 4.69) is 15.6 Å². The summed E-state index contributed by atoms with van der Waals surface area (Å²) in [5, 5.41) is 5.87. The molecule has 1 heterocycles. The van der Waals surface area contributed by atoms with E-state index < -0.39 is 0 Å². The molecule has 5 nitrogen and oxygen atoms in total. The number of nitrogens with one attached hydrogen (secondary N) is 2. The van der Waals surface area contributed by atoms with Crippen LogP contribution in [0.2, 0.25) is 0 Å². The van der Waals surface area contributed by atoms with Crippen LogP contribution in [0.5, 0.6) is 5.75 Å². The average molecular weight is 277 g/mol. The van der Waals surface area contributed by atoms with Crippen LogP contribution < -0.4 is 15.4 Å². The first kappa shape index (κ1) is 13.5. The van der Waals surface area contributed by atoms with Gasteiger partial charge in [0.2, 0.25) is 5.91 Å². The van der Waals surface area contributed by atoms with E-state index in [1.807, 2.05) is 18.2 Å². The smallest absolute Gasteiger partial charge is 0.238 e. The number of carbonyl (C=O) groups is 1. The summed E-state index contributed by atoms with van der Waals surface area (Å²) in [5.41, 5.74) is 2.50. The number of nitrogens with zero attached hydrogens (tertiary/aromatic N) is 1. The highest BCUT2D eigenvalue weighted by Gasteiger charge is 2.03. The van der Waals surface area contributed by atoms with Crippen LogP contribution in [0.25, 0.3) is 0 Å². The number of carbonyl (C=O) groups excluding carboxylic acids is 1. The Morgan fingerprint density at radius 1 is 1.47 bits per heavy atom. The van der Waals surface area contributed by atoms with Crippen LogP contribution in [0.4, 0.5) is 5.69 Å². The summed E-state index contributed by atoms with van der Waals surface area (Å²) < 4.78 is 5.09. The molecular weight excluding hydrogens is 262 g/mol. The highest BCUT2D eigenvalue weighted by Crippen LogP contribution is 2.16. The fourth-order valence-corrected chi connectivity index (χ4v) is 2.10. The van der Waals surface area contributed by atoms with Gasteiger partial charge in [0, 0.05) is 29.4 Å². The third kappa shape index (κ3) is 4.35. The van der Waals surface area contributed by atoms with Crippen molar-refractivity contribution in [1.29, 1.82) is 0 Å². The highest BCUT2D eigenvalue weighted by molar-refractivity contribution is 7.09. The first-order valence-corrected chi connectivity index (χ1v) is 6.68. The van der Waals surface area contributed by atoms with E-state index >= 15 is 0 Å². The van der Waals surface area contributed by atoms with Crippen LogP contribution in [0.1, 0.15) is 4.88 Å². The van der Waals surface area contributed by atoms with Gasteiger partial charge in [0.15, 0.2) is 0 Å². The average Bonchev–Trinajstić information content (AvgIpc) is 2.92. The molecule has 2 aromatic rings. The van der Waals surface area contributed by atoms with E-state index in [4.69, 9.17) is 4.74 Å². The number of aromatic nitrogens is 1. The largest absolute Gasteiger partial charge is 0.497 e. The maximum atomic E-state index is 11.7. The predicted molar refractivity (Wildman–Crippen MR) is 75.4 cm³/mol. The van der Waals surface area contributed by atoms with Crippen LogP contribution in [-0.2, 0) is 11.3 Å². The third-order valence-corrected chi connectivity index (χ3v) is 3.20. The molecule has 19 heavy (non-hydrogen) atoms. The maximum Gasteiger partial charge on any atom is 0.238 e. The monoisotopic (exact) mass is 277 g/mol. The van der Waals surface area contributed by atoms with Crippen LogP contribution in [0.15, 0.2) is 36.0 Å². The molecule has 0 saturated carbocycles. The number of hydrogen-bond donors (Lipinski definition) is 2. The molecular formula is C13H15N3O2S. The summed E-state index contributed by atoms with van der Waals surface area (Å²) >= 11 is 1.56. The Hall–Kier alpha value is -1.92. The SMILES string of the molecule is COc1cccc(NC(=O)CNCc2cncs2)c1. The van der Waals surface area contributed by atoms with Crippen LogP contribution in [0.3, 0.4) is 0 Å². The minimum Gasteiger partial charge on any atom is -0.497 e. The molecule has 100 valence electrons. The second kappa shape index (κ2) is 6.86. The number of hydrogen-bond acceptors (Lipinski definition) is 5. The van der Waals surface area contributed by atoms with Crippen molar-refractivity contribution in [2.24, 2.45) is 0 Å². The van der Waals surface area contributed by atoms with Crippen molar-refractivity contribution < 1.29 is 9.53 Å². The molecule has 1 aromatic carbocycles. The zero-order chi connectivity index (χ0) is 13.5. The molecule has 2 N–H and O–H groups in total. The number of benzene rings is 1. The molecule has 1 amide bonds. The van der Waals surface area contributed by atoms with E-state index in [-0.39, 0.29) is 12.5 Å². The molecule has 0 aliphatic heterocycles. The Bertz CT molecular complexity index is 528. The van der Waals surface area contributed by atoms with Crippen LogP contribution in [0, 0.1) is 0 Å². The van der Waals surface area contributed by atoms with Gasteiger partial charge in [0.05, 0.1) is 19.2 Å². The van der Waals surface area contributed by atoms with Gasteiger partial charge in [0.1, 0.15) is 5.75 Å². The Balaban J connectivity index is 1.77. The molecule has 0 fully saturated rings. The van der Waals surface area contributed by atoms with E-state index in [9.17, 15) is 4.79 Å². The molecule has 0 aliphatic rings. The lowest BCUT2D eigenvalue weighted by molar-refractivity contribution is -0.115. The summed E-state index contributed by atoms with van der Waals surface area (Å²) in [6.07, 6.45) is 1.79. The lowest BCUT2D eigenvalue weighted by Crippen LogP contribution is -2.27. The molecule has 1 aromatic heterocycles. The molecule has 2 rings (SSSR count). The van der Waals surface area contributed by atoms with Gasteiger partial charge in [0.25, 0.3) is 0 Å². The summed E-state index contributed by atoms with van der Waals surface area (Å²) in [6, 6.07) is 7.27. The zero-order valence-electron chi connectivity index (χ0n) is 10.6. The summed E-state index contributed by atoms with van der Waals surface area (Å²) in [7, 11) is 1.59. The van der Waals surface area contributed by atoms with Crippen LogP contribution in [-0.4, -0.2) is 24.5 Å². The van der Waals surface area contributed by atoms with Gasteiger partial charge in [-0.3, -0.25) is 9.78 Å². The number of amides is 1. The lowest BCUT2D eigenvalue weighted by Gasteiger charge is -2.07. The number of rotatable bonds is 6. The number of thiazole rings is 1. The minimum atomic E-state index is -0.0854. The van der Waals surface area contributed by atoms with Gasteiger partial charge in [-0.2, -0.15) is 0 Å². The topological polar surface area (TPSA) is 63.2 Å². The van der Waals surface area contributed by atoms with Gasteiger partial charge in [-0.15, -0.1) is 11.3 Å². The fraction of sp³-hybridized carbons (Fsp3) is 0.231. The fourth-order valence-electron chi connectivity index (χ4n) is 1.53. The van der Waals surface area contributed by atoms with Crippen molar-refractivity contribution in [3.63, 3.8) is 0 Å². The van der Waals surface area contributed by atoms with Crippen molar-refractivity contribution in [3.05, 3.63) is 40.8 Å². The molecule has 0 radical (unpaired) electrons. The van der Waals surface area contributed by atoms with Crippen molar-refractivity contribution >= 4 is 22.9 Å². The number of ether oxygens (including phenoxy) is 1. The molecule has 0 saturated heterocycles. The van der Waals surface area contributed by atoms with Crippen molar-refractivity contribution in [2.45, 2.75) is 6.54 Å². The Morgan fingerprint density at radius 3 is 3.11 bits per heavy atom. The lowest BCUT2D eigenvalue weighted by atomic mass is 10.3. The van der Waals surface area contributed by atoms with E-state index in [1.165, 1.54) is 0 Å². The Kier molecular flexibility index (Phi) is 4.88. The van der Waals surface area contributed by atoms with E-state index in [0.29, 0.717) is 6.54 Å². The third-order valence-electron chi connectivity index (χ3n) is 2.42. The van der Waals surface area contributed by atoms with Gasteiger partial charge in [-0.25, -0.2) is 0 Å².